The van der Waals surface area contributed by atoms with Crippen molar-refractivity contribution in [3.05, 3.63) is 112 Å². The zero-order valence-corrected chi connectivity index (χ0v) is 17.9. The van der Waals surface area contributed by atoms with Gasteiger partial charge in [-0.1, -0.05) is 54.1 Å². The molecule has 2 heterocycles. The van der Waals surface area contributed by atoms with Crippen LogP contribution in [-0.4, -0.2) is 15.0 Å². The predicted molar refractivity (Wildman–Crippen MR) is 121 cm³/mol. The van der Waals surface area contributed by atoms with Crippen LogP contribution in [-0.2, 0) is 13.1 Å². The lowest BCUT2D eigenvalue weighted by atomic mass is 10.1. The van der Waals surface area contributed by atoms with Gasteiger partial charge in [-0.15, -0.1) is 0 Å². The third-order valence-corrected chi connectivity index (χ3v) is 5.83. The highest BCUT2D eigenvalue weighted by Gasteiger charge is 2.20. The van der Waals surface area contributed by atoms with Gasteiger partial charge in [-0.2, -0.15) is 0 Å². The van der Waals surface area contributed by atoms with E-state index in [1.54, 1.807) is 12.1 Å². The standard InChI is InChI=1S/C25H24ClN3O/c1-18-19(2)29(17-20-10-4-3-5-11-20)25(28-14-8-9-15-28)22(18)16-27-24(30)21-12-6-7-13-23(21)26/h3-15H,16-17H2,1-2H3,(H,27,30). The van der Waals surface area contributed by atoms with Gasteiger partial charge in [-0.25, -0.2) is 0 Å². The van der Waals surface area contributed by atoms with Crippen LogP contribution in [0.1, 0.15) is 32.7 Å². The van der Waals surface area contributed by atoms with Crippen molar-refractivity contribution >= 4 is 17.5 Å². The topological polar surface area (TPSA) is 39.0 Å². The maximum atomic E-state index is 12.7. The van der Waals surface area contributed by atoms with Gasteiger partial charge in [0.25, 0.3) is 5.91 Å². The average Bonchev–Trinajstić information content (AvgIpc) is 3.36. The minimum absolute atomic E-state index is 0.174. The van der Waals surface area contributed by atoms with Crippen molar-refractivity contribution in [1.29, 1.82) is 0 Å². The van der Waals surface area contributed by atoms with E-state index in [1.807, 2.05) is 42.7 Å². The molecule has 0 saturated heterocycles. The molecule has 0 saturated carbocycles. The van der Waals surface area contributed by atoms with Gasteiger partial charge in [0.15, 0.2) is 0 Å². The number of rotatable bonds is 6. The zero-order valence-electron chi connectivity index (χ0n) is 17.1. The van der Waals surface area contributed by atoms with Gasteiger partial charge >= 0.3 is 0 Å². The molecule has 0 radical (unpaired) electrons. The first kappa shape index (κ1) is 20.0. The fraction of sp³-hybridized carbons (Fsp3) is 0.160. The molecule has 1 amide bonds. The Morgan fingerprint density at radius 1 is 0.933 bits per heavy atom. The van der Waals surface area contributed by atoms with E-state index >= 15 is 0 Å². The van der Waals surface area contributed by atoms with Crippen LogP contribution in [0.2, 0.25) is 5.02 Å². The van der Waals surface area contributed by atoms with Gasteiger partial charge in [-0.3, -0.25) is 4.79 Å². The lowest BCUT2D eigenvalue weighted by molar-refractivity contribution is 0.0951. The SMILES string of the molecule is Cc1c(CNC(=O)c2ccccc2Cl)c(-n2cccc2)n(Cc2ccccc2)c1C. The summed E-state index contributed by atoms with van der Waals surface area (Å²) in [5.41, 5.74) is 5.18. The predicted octanol–water partition coefficient (Wildman–Crippen LogP) is 5.53. The molecule has 4 aromatic rings. The van der Waals surface area contributed by atoms with Crippen molar-refractivity contribution in [2.45, 2.75) is 26.9 Å². The molecule has 4 nitrogen and oxygen atoms in total. The molecule has 1 N–H and O–H groups in total. The van der Waals surface area contributed by atoms with Gasteiger partial charge in [0.2, 0.25) is 0 Å². The maximum Gasteiger partial charge on any atom is 0.253 e. The number of hydrogen-bond donors (Lipinski definition) is 1. The molecule has 0 aliphatic carbocycles. The number of benzene rings is 2. The Hall–Kier alpha value is -3.24. The second kappa shape index (κ2) is 8.64. The summed E-state index contributed by atoms with van der Waals surface area (Å²) >= 11 is 6.20. The summed E-state index contributed by atoms with van der Waals surface area (Å²) in [6.45, 7) is 5.43. The highest BCUT2D eigenvalue weighted by Crippen LogP contribution is 2.27. The number of halogens is 1. The number of carbonyl (C=O) groups is 1. The van der Waals surface area contributed by atoms with Crippen LogP contribution in [0.25, 0.3) is 5.82 Å². The third-order valence-electron chi connectivity index (χ3n) is 5.50. The Kier molecular flexibility index (Phi) is 5.77. The van der Waals surface area contributed by atoms with E-state index in [1.165, 1.54) is 16.8 Å². The molecule has 0 spiro atoms. The first-order valence-corrected chi connectivity index (χ1v) is 10.3. The molecule has 0 unspecified atom stereocenters. The molecular formula is C25H24ClN3O. The van der Waals surface area contributed by atoms with Crippen molar-refractivity contribution in [2.24, 2.45) is 0 Å². The molecule has 0 aliphatic rings. The van der Waals surface area contributed by atoms with Gasteiger partial charge in [0, 0.05) is 36.7 Å². The largest absolute Gasteiger partial charge is 0.348 e. The summed E-state index contributed by atoms with van der Waals surface area (Å²) in [4.78, 5) is 12.7. The summed E-state index contributed by atoms with van der Waals surface area (Å²) in [7, 11) is 0. The molecular weight excluding hydrogens is 394 g/mol. The highest BCUT2D eigenvalue weighted by molar-refractivity contribution is 6.33. The molecule has 0 atom stereocenters. The van der Waals surface area contributed by atoms with Gasteiger partial charge in [-0.05, 0) is 49.2 Å². The van der Waals surface area contributed by atoms with Crippen molar-refractivity contribution in [3.63, 3.8) is 0 Å². The average molecular weight is 418 g/mol. The molecule has 30 heavy (non-hydrogen) atoms. The van der Waals surface area contributed by atoms with Crippen molar-refractivity contribution in [3.8, 4) is 5.82 Å². The van der Waals surface area contributed by atoms with E-state index in [0.29, 0.717) is 17.1 Å². The fourth-order valence-electron chi connectivity index (χ4n) is 3.76. The van der Waals surface area contributed by atoms with Crippen LogP contribution in [0.15, 0.2) is 79.1 Å². The first-order chi connectivity index (χ1) is 14.6. The summed E-state index contributed by atoms with van der Waals surface area (Å²) in [5.74, 6) is 0.894. The first-order valence-electron chi connectivity index (χ1n) is 9.95. The van der Waals surface area contributed by atoms with E-state index in [4.69, 9.17) is 11.6 Å². The Morgan fingerprint density at radius 2 is 1.60 bits per heavy atom. The van der Waals surface area contributed by atoms with Crippen LogP contribution < -0.4 is 5.32 Å². The number of aromatic nitrogens is 2. The smallest absolute Gasteiger partial charge is 0.253 e. The third kappa shape index (κ3) is 3.91. The quantitative estimate of drug-likeness (QED) is 0.440. The van der Waals surface area contributed by atoms with Crippen molar-refractivity contribution in [1.82, 2.24) is 14.5 Å². The number of nitrogens with one attached hydrogen (secondary N) is 1. The van der Waals surface area contributed by atoms with Crippen molar-refractivity contribution < 1.29 is 4.79 Å². The number of amides is 1. The van der Waals surface area contributed by atoms with Gasteiger partial charge in [0.05, 0.1) is 10.6 Å². The minimum Gasteiger partial charge on any atom is -0.348 e. The van der Waals surface area contributed by atoms with Gasteiger partial charge < -0.3 is 14.5 Å². The van der Waals surface area contributed by atoms with E-state index in [-0.39, 0.29) is 5.91 Å². The molecule has 2 aromatic heterocycles. The summed E-state index contributed by atoms with van der Waals surface area (Å²) in [5, 5.41) is 3.51. The number of hydrogen-bond acceptors (Lipinski definition) is 1. The van der Waals surface area contributed by atoms with Crippen LogP contribution in [0.4, 0.5) is 0 Å². The van der Waals surface area contributed by atoms with E-state index in [2.05, 4.69) is 52.6 Å². The number of nitrogens with zero attached hydrogens (tertiary/aromatic N) is 2. The normalized spacial score (nSPS) is 10.9. The number of carbonyl (C=O) groups excluding carboxylic acids is 1. The Bertz CT molecular complexity index is 1160. The Balaban J connectivity index is 1.70. The zero-order chi connectivity index (χ0) is 21.1. The lowest BCUT2D eigenvalue weighted by Gasteiger charge is -2.15. The van der Waals surface area contributed by atoms with E-state index < -0.39 is 0 Å². The lowest BCUT2D eigenvalue weighted by Crippen LogP contribution is -2.24. The maximum absolute atomic E-state index is 12.7. The van der Waals surface area contributed by atoms with Crippen LogP contribution in [0, 0.1) is 13.8 Å². The highest BCUT2D eigenvalue weighted by atomic mass is 35.5. The molecule has 0 aliphatic heterocycles. The Labute approximate surface area is 181 Å². The molecule has 5 heteroatoms. The molecule has 0 fully saturated rings. The van der Waals surface area contributed by atoms with Crippen LogP contribution in [0.5, 0.6) is 0 Å². The summed E-state index contributed by atoms with van der Waals surface area (Å²) < 4.78 is 4.42. The second-order valence-corrected chi connectivity index (χ2v) is 7.74. The molecule has 152 valence electrons. The second-order valence-electron chi connectivity index (χ2n) is 7.34. The van der Waals surface area contributed by atoms with Crippen LogP contribution >= 0.6 is 11.6 Å². The van der Waals surface area contributed by atoms with Crippen LogP contribution in [0.3, 0.4) is 0 Å². The van der Waals surface area contributed by atoms with Crippen molar-refractivity contribution in [2.75, 3.05) is 0 Å². The summed E-state index contributed by atoms with van der Waals surface area (Å²) in [6, 6.07) is 21.5. The summed E-state index contributed by atoms with van der Waals surface area (Å²) in [6.07, 6.45) is 4.07. The Morgan fingerprint density at radius 3 is 2.30 bits per heavy atom. The fourth-order valence-corrected chi connectivity index (χ4v) is 3.98. The van der Waals surface area contributed by atoms with E-state index in [9.17, 15) is 4.79 Å². The van der Waals surface area contributed by atoms with Gasteiger partial charge in [0.1, 0.15) is 5.82 Å². The minimum atomic E-state index is -0.174. The molecule has 4 rings (SSSR count). The monoisotopic (exact) mass is 417 g/mol. The molecule has 2 aromatic carbocycles. The molecule has 0 bridgehead atoms. The van der Waals surface area contributed by atoms with E-state index in [0.717, 1.165) is 17.9 Å².